The van der Waals surface area contributed by atoms with E-state index >= 15 is 0 Å². The van der Waals surface area contributed by atoms with E-state index in [0.29, 0.717) is 11.3 Å². The number of aliphatic hydroxyl groups excluding tert-OH is 1. The van der Waals surface area contributed by atoms with Crippen LogP contribution in [-0.2, 0) is 0 Å². The monoisotopic (exact) mass is 210 g/mol. The fraction of sp³-hybridized carbons (Fsp3) is 1.00. The molecule has 15 heavy (non-hydrogen) atoms. The average Bonchev–Trinajstić information content (AvgIpc) is 2.79. The summed E-state index contributed by atoms with van der Waals surface area (Å²) in [5.41, 5.74) is 0.308. The molecule has 1 unspecified atom stereocenters. The number of aliphatic hydroxyl groups is 1. The van der Waals surface area contributed by atoms with Crippen LogP contribution in [0.2, 0.25) is 0 Å². The molecular formula is C14H26O. The molecule has 1 atom stereocenters. The molecule has 0 spiro atoms. The molecule has 2 aliphatic rings. The molecular weight excluding hydrogens is 184 g/mol. The lowest BCUT2D eigenvalue weighted by molar-refractivity contribution is -0.0305. The molecule has 0 aromatic rings. The van der Waals surface area contributed by atoms with Crippen LogP contribution >= 0.6 is 0 Å². The molecule has 2 aliphatic carbocycles. The highest BCUT2D eigenvalue weighted by Crippen LogP contribution is 2.48. The van der Waals surface area contributed by atoms with Crippen LogP contribution in [0, 0.1) is 11.3 Å². The van der Waals surface area contributed by atoms with E-state index in [4.69, 9.17) is 0 Å². The van der Waals surface area contributed by atoms with Gasteiger partial charge in [0.2, 0.25) is 0 Å². The molecule has 1 N–H and O–H groups in total. The van der Waals surface area contributed by atoms with Crippen molar-refractivity contribution in [1.82, 2.24) is 0 Å². The normalized spacial score (nSPS) is 29.2. The molecule has 0 amide bonds. The maximum atomic E-state index is 10.6. The van der Waals surface area contributed by atoms with Crippen molar-refractivity contribution in [3.05, 3.63) is 0 Å². The Hall–Kier alpha value is -0.0400. The zero-order valence-corrected chi connectivity index (χ0v) is 10.2. The van der Waals surface area contributed by atoms with Gasteiger partial charge in [0.15, 0.2) is 0 Å². The van der Waals surface area contributed by atoms with E-state index in [-0.39, 0.29) is 6.10 Å². The van der Waals surface area contributed by atoms with Crippen molar-refractivity contribution in [2.45, 2.75) is 77.2 Å². The first-order valence-electron chi connectivity index (χ1n) is 6.96. The Kier molecular flexibility index (Phi) is 3.71. The summed E-state index contributed by atoms with van der Waals surface area (Å²) in [7, 11) is 0. The first-order valence-corrected chi connectivity index (χ1v) is 6.96. The number of hydrogen-bond acceptors (Lipinski definition) is 1. The van der Waals surface area contributed by atoms with Crippen molar-refractivity contribution < 1.29 is 5.11 Å². The second-order valence-corrected chi connectivity index (χ2v) is 5.77. The van der Waals surface area contributed by atoms with Gasteiger partial charge >= 0.3 is 0 Å². The minimum absolute atomic E-state index is 0.00491. The van der Waals surface area contributed by atoms with Gasteiger partial charge in [0.1, 0.15) is 0 Å². The van der Waals surface area contributed by atoms with Gasteiger partial charge in [0, 0.05) is 0 Å². The second kappa shape index (κ2) is 4.86. The Bertz CT molecular complexity index is 188. The third kappa shape index (κ3) is 2.22. The molecule has 0 radical (unpaired) electrons. The van der Waals surface area contributed by atoms with Crippen LogP contribution in [0.4, 0.5) is 0 Å². The molecule has 1 heteroatoms. The minimum Gasteiger partial charge on any atom is -0.392 e. The average molecular weight is 210 g/mol. The van der Waals surface area contributed by atoms with Gasteiger partial charge in [-0.25, -0.2) is 0 Å². The van der Waals surface area contributed by atoms with Crippen molar-refractivity contribution in [2.75, 3.05) is 0 Å². The fourth-order valence-electron chi connectivity index (χ4n) is 3.89. The Morgan fingerprint density at radius 2 is 1.67 bits per heavy atom. The van der Waals surface area contributed by atoms with E-state index in [1.54, 1.807) is 0 Å². The maximum Gasteiger partial charge on any atom is 0.0624 e. The van der Waals surface area contributed by atoms with Crippen molar-refractivity contribution in [2.24, 2.45) is 11.3 Å². The van der Waals surface area contributed by atoms with Crippen LogP contribution < -0.4 is 0 Å². The maximum absolute atomic E-state index is 10.6. The lowest BCUT2D eigenvalue weighted by Crippen LogP contribution is -2.39. The molecule has 2 saturated carbocycles. The van der Waals surface area contributed by atoms with Crippen molar-refractivity contribution in [3.8, 4) is 0 Å². The molecule has 2 rings (SSSR count). The van der Waals surface area contributed by atoms with E-state index in [9.17, 15) is 5.11 Å². The summed E-state index contributed by atoms with van der Waals surface area (Å²) in [6, 6.07) is 0. The Labute approximate surface area is 94.3 Å². The summed E-state index contributed by atoms with van der Waals surface area (Å²) in [6.45, 7) is 2.28. The SMILES string of the molecule is CCC1(C(O)C2CCCCC2)CCCC1. The summed E-state index contributed by atoms with van der Waals surface area (Å²) in [5.74, 6) is 0.622. The number of hydrogen-bond donors (Lipinski definition) is 1. The Balaban J connectivity index is 2.00. The smallest absolute Gasteiger partial charge is 0.0624 e. The summed E-state index contributed by atoms with van der Waals surface area (Å²) >= 11 is 0. The van der Waals surface area contributed by atoms with Gasteiger partial charge in [-0.1, -0.05) is 39.0 Å². The van der Waals surface area contributed by atoms with E-state index in [1.807, 2.05) is 0 Å². The largest absolute Gasteiger partial charge is 0.392 e. The van der Waals surface area contributed by atoms with Gasteiger partial charge in [-0.15, -0.1) is 0 Å². The van der Waals surface area contributed by atoms with Crippen LogP contribution in [0.1, 0.15) is 71.1 Å². The van der Waals surface area contributed by atoms with Gasteiger partial charge in [-0.2, -0.15) is 0 Å². The molecule has 0 aliphatic heterocycles. The fourth-order valence-corrected chi connectivity index (χ4v) is 3.89. The standard InChI is InChI=1S/C14H26O/c1-2-14(10-6-7-11-14)13(15)12-8-4-3-5-9-12/h12-13,15H,2-11H2,1H3. The second-order valence-electron chi connectivity index (χ2n) is 5.77. The molecule has 2 fully saturated rings. The minimum atomic E-state index is 0.00491. The quantitative estimate of drug-likeness (QED) is 0.749. The Morgan fingerprint density at radius 3 is 2.20 bits per heavy atom. The summed E-state index contributed by atoms with van der Waals surface area (Å²) in [6.07, 6.45) is 13.1. The highest BCUT2D eigenvalue weighted by molar-refractivity contribution is 4.93. The van der Waals surface area contributed by atoms with E-state index in [2.05, 4.69) is 6.92 Å². The third-order valence-corrected chi connectivity index (χ3v) is 5.03. The summed E-state index contributed by atoms with van der Waals surface area (Å²) in [5, 5.41) is 10.6. The zero-order chi connectivity index (χ0) is 10.7. The van der Waals surface area contributed by atoms with Crippen LogP contribution in [0.5, 0.6) is 0 Å². The van der Waals surface area contributed by atoms with Crippen molar-refractivity contribution in [1.29, 1.82) is 0 Å². The molecule has 1 nitrogen and oxygen atoms in total. The number of rotatable bonds is 3. The zero-order valence-electron chi connectivity index (χ0n) is 10.2. The van der Waals surface area contributed by atoms with E-state index in [0.717, 1.165) is 0 Å². The first kappa shape index (κ1) is 11.4. The molecule has 0 aromatic carbocycles. The van der Waals surface area contributed by atoms with Crippen LogP contribution in [0.15, 0.2) is 0 Å². The predicted molar refractivity (Wildman–Crippen MR) is 63.8 cm³/mol. The molecule has 88 valence electrons. The van der Waals surface area contributed by atoms with Gasteiger partial charge in [-0.05, 0) is 43.4 Å². The molecule has 0 aromatic heterocycles. The third-order valence-electron chi connectivity index (χ3n) is 5.03. The molecule has 0 bridgehead atoms. The first-order chi connectivity index (χ1) is 7.28. The van der Waals surface area contributed by atoms with Gasteiger partial charge < -0.3 is 5.11 Å². The van der Waals surface area contributed by atoms with E-state index in [1.165, 1.54) is 64.2 Å². The molecule has 0 heterocycles. The topological polar surface area (TPSA) is 20.2 Å². The van der Waals surface area contributed by atoms with Gasteiger partial charge in [0.25, 0.3) is 0 Å². The van der Waals surface area contributed by atoms with E-state index < -0.39 is 0 Å². The van der Waals surface area contributed by atoms with Crippen LogP contribution in [-0.4, -0.2) is 11.2 Å². The molecule has 0 saturated heterocycles. The van der Waals surface area contributed by atoms with Gasteiger partial charge in [0.05, 0.1) is 6.10 Å². The van der Waals surface area contributed by atoms with Crippen molar-refractivity contribution >= 4 is 0 Å². The van der Waals surface area contributed by atoms with Crippen molar-refractivity contribution in [3.63, 3.8) is 0 Å². The highest BCUT2D eigenvalue weighted by Gasteiger charge is 2.42. The Morgan fingerprint density at radius 1 is 1.07 bits per heavy atom. The van der Waals surface area contributed by atoms with Crippen LogP contribution in [0.25, 0.3) is 0 Å². The highest BCUT2D eigenvalue weighted by atomic mass is 16.3. The summed E-state index contributed by atoms with van der Waals surface area (Å²) in [4.78, 5) is 0. The predicted octanol–water partition coefficient (Wildman–Crippen LogP) is 3.90. The lowest BCUT2D eigenvalue weighted by atomic mass is 9.69. The van der Waals surface area contributed by atoms with Crippen LogP contribution in [0.3, 0.4) is 0 Å². The van der Waals surface area contributed by atoms with Gasteiger partial charge in [-0.3, -0.25) is 0 Å². The lowest BCUT2D eigenvalue weighted by Gasteiger charge is -2.39. The summed E-state index contributed by atoms with van der Waals surface area (Å²) < 4.78 is 0.